The van der Waals surface area contributed by atoms with Crippen molar-refractivity contribution in [3.05, 3.63) is 103 Å². The van der Waals surface area contributed by atoms with Gasteiger partial charge in [0.2, 0.25) is 11.8 Å². The molecular weight excluding hydrogens is 626 g/mol. The summed E-state index contributed by atoms with van der Waals surface area (Å²) in [5.74, 6) is -2.59. The first kappa shape index (κ1) is 29.7. The van der Waals surface area contributed by atoms with Gasteiger partial charge >= 0.3 is 10.8 Å². The minimum atomic E-state index is -0.766. The van der Waals surface area contributed by atoms with E-state index in [0.717, 1.165) is 11.3 Å². The number of aromatic nitrogens is 1. The van der Waals surface area contributed by atoms with Gasteiger partial charge in [0.15, 0.2) is 6.61 Å². The van der Waals surface area contributed by atoms with Crippen molar-refractivity contribution in [1.82, 2.24) is 4.98 Å². The van der Waals surface area contributed by atoms with E-state index in [4.69, 9.17) is 21.1 Å². The first-order chi connectivity index (χ1) is 21.2. The number of H-pyrrole nitrogens is 1. The minimum Gasteiger partial charge on any atom is -0.484 e. The molecule has 0 spiro atoms. The lowest BCUT2D eigenvalue weighted by molar-refractivity contribution is -0.122. The Morgan fingerprint density at radius 1 is 1.00 bits per heavy atom. The second-order valence-electron chi connectivity index (χ2n) is 9.95. The number of amides is 3. The van der Waals surface area contributed by atoms with Crippen molar-refractivity contribution in [2.75, 3.05) is 23.4 Å². The number of anilines is 2. The average Bonchev–Trinajstić information content (AvgIpc) is 3.51. The minimum absolute atomic E-state index is 0.264. The van der Waals surface area contributed by atoms with Crippen molar-refractivity contribution in [1.29, 1.82) is 0 Å². The highest BCUT2D eigenvalue weighted by molar-refractivity contribution is 8.00. The lowest BCUT2D eigenvalue weighted by Gasteiger charge is -2.30. The number of imide groups is 1. The van der Waals surface area contributed by atoms with Gasteiger partial charge in [0.1, 0.15) is 11.0 Å². The van der Waals surface area contributed by atoms with E-state index >= 15 is 0 Å². The van der Waals surface area contributed by atoms with E-state index in [2.05, 4.69) is 10.3 Å². The van der Waals surface area contributed by atoms with E-state index in [-0.39, 0.29) is 29.9 Å². The molecule has 10 nitrogen and oxygen atoms in total. The molecule has 3 atom stereocenters. The monoisotopic (exact) mass is 649 g/mol. The lowest BCUT2D eigenvalue weighted by Crippen LogP contribution is -2.32. The zero-order valence-electron chi connectivity index (χ0n) is 23.1. The fourth-order valence-corrected chi connectivity index (χ4v) is 7.91. The smallest absolute Gasteiger partial charge is 0.338 e. The number of thiazole rings is 1. The number of carbonyl (C=O) groups excluding carboxylic acids is 4. The number of carbonyl (C=O) groups is 4. The number of esters is 1. The first-order valence-electron chi connectivity index (χ1n) is 13.6. The number of nitrogens with one attached hydrogen (secondary N) is 2. The molecule has 0 bridgehead atoms. The van der Waals surface area contributed by atoms with Crippen LogP contribution in [0.1, 0.15) is 33.6 Å². The molecule has 44 heavy (non-hydrogen) atoms. The maximum Gasteiger partial charge on any atom is 0.338 e. The summed E-state index contributed by atoms with van der Waals surface area (Å²) in [5, 5.41) is 3.01. The maximum atomic E-state index is 13.9. The topological polar surface area (TPSA) is 135 Å². The van der Waals surface area contributed by atoms with Crippen molar-refractivity contribution < 1.29 is 28.7 Å². The van der Waals surface area contributed by atoms with Gasteiger partial charge in [-0.2, -0.15) is 0 Å². The van der Waals surface area contributed by atoms with Crippen molar-refractivity contribution >= 4 is 69.8 Å². The highest BCUT2D eigenvalue weighted by Crippen LogP contribution is 2.53. The van der Waals surface area contributed by atoms with Crippen LogP contribution in [-0.4, -0.2) is 47.1 Å². The molecule has 0 saturated carbocycles. The zero-order valence-corrected chi connectivity index (χ0v) is 25.5. The molecule has 3 heterocycles. The maximum absolute atomic E-state index is 13.9. The summed E-state index contributed by atoms with van der Waals surface area (Å²) in [6, 6.07) is 19.7. The Morgan fingerprint density at radius 2 is 1.75 bits per heavy atom. The molecule has 3 amide bonds. The van der Waals surface area contributed by atoms with E-state index in [1.54, 1.807) is 73.7 Å². The number of fused-ring (bicyclic) bond motifs is 2. The SMILES string of the molecule is CCOC(=O)c1ccc(NC(=O)COc2cccc([C@H]3c4sc(=O)[nH]c4SC4C(=O)N(c5ccc(Cl)cc5)C(=O)C43)c2)cc1. The lowest BCUT2D eigenvalue weighted by atomic mass is 9.83. The Kier molecular flexibility index (Phi) is 8.30. The van der Waals surface area contributed by atoms with Crippen LogP contribution in [0, 0.1) is 5.92 Å². The fraction of sp³-hybridized carbons (Fsp3) is 0.194. The number of aromatic amines is 1. The number of hydrogen-bond acceptors (Lipinski definition) is 9. The largest absolute Gasteiger partial charge is 0.484 e. The average molecular weight is 650 g/mol. The molecule has 2 N–H and O–H groups in total. The van der Waals surface area contributed by atoms with Crippen LogP contribution >= 0.6 is 34.7 Å². The second kappa shape index (κ2) is 12.3. The van der Waals surface area contributed by atoms with Crippen molar-refractivity contribution in [3.63, 3.8) is 0 Å². The molecule has 2 unspecified atom stereocenters. The molecular formula is C31H24ClN3O7S2. The normalized spacial score (nSPS) is 18.9. The van der Waals surface area contributed by atoms with E-state index in [0.29, 0.717) is 43.2 Å². The Morgan fingerprint density at radius 3 is 2.48 bits per heavy atom. The standard InChI is InChI=1S/C31H24ClN3O7S2/c1-2-41-30(39)16-6-10-19(11-7-16)33-22(36)15-42-21-5-3-4-17(14-21)23-24-26(43-27-25(23)44-31(40)34-27)29(38)35(28(24)37)20-12-8-18(32)9-13-20/h3-14,23-24,26H,2,15H2,1H3,(H,33,36)(H,34,40)/t23-,24?,26?/m1/s1. The van der Waals surface area contributed by atoms with Crippen LogP contribution in [0.3, 0.4) is 0 Å². The van der Waals surface area contributed by atoms with Crippen LogP contribution in [0.5, 0.6) is 5.75 Å². The number of nitrogens with zero attached hydrogens (tertiary/aromatic N) is 1. The van der Waals surface area contributed by atoms with Crippen LogP contribution in [0.25, 0.3) is 0 Å². The summed E-state index contributed by atoms with van der Waals surface area (Å²) in [6.07, 6.45) is 0. The molecule has 0 radical (unpaired) electrons. The van der Waals surface area contributed by atoms with Gasteiger partial charge in [-0.1, -0.05) is 46.8 Å². The number of rotatable bonds is 8. The van der Waals surface area contributed by atoms with Gasteiger partial charge < -0.3 is 19.8 Å². The van der Waals surface area contributed by atoms with Gasteiger partial charge in [-0.3, -0.25) is 19.2 Å². The highest BCUT2D eigenvalue weighted by Gasteiger charge is 2.56. The van der Waals surface area contributed by atoms with Crippen LogP contribution in [0.15, 0.2) is 82.6 Å². The Labute approximate surface area is 264 Å². The van der Waals surface area contributed by atoms with Crippen LogP contribution in [0.2, 0.25) is 5.02 Å². The summed E-state index contributed by atoms with van der Waals surface area (Å²) >= 11 is 8.23. The molecule has 224 valence electrons. The van der Waals surface area contributed by atoms with Crippen LogP contribution < -0.4 is 19.8 Å². The number of hydrogen-bond donors (Lipinski definition) is 2. The Bertz CT molecular complexity index is 1820. The van der Waals surface area contributed by atoms with Gasteiger partial charge in [-0.05, 0) is 73.2 Å². The van der Waals surface area contributed by atoms with E-state index in [9.17, 15) is 24.0 Å². The number of halogens is 1. The molecule has 13 heteroatoms. The molecule has 0 aliphatic carbocycles. The van der Waals surface area contributed by atoms with Gasteiger partial charge in [-0.25, -0.2) is 9.69 Å². The van der Waals surface area contributed by atoms with Crippen molar-refractivity contribution in [3.8, 4) is 5.75 Å². The van der Waals surface area contributed by atoms with Gasteiger partial charge in [0.25, 0.3) is 5.91 Å². The molecule has 3 aromatic carbocycles. The summed E-state index contributed by atoms with van der Waals surface area (Å²) in [5.41, 5.74) is 1.95. The van der Waals surface area contributed by atoms with Crippen molar-refractivity contribution in [2.24, 2.45) is 5.92 Å². The third-order valence-electron chi connectivity index (χ3n) is 7.18. The van der Waals surface area contributed by atoms with Crippen LogP contribution in [0.4, 0.5) is 11.4 Å². The molecule has 1 saturated heterocycles. The summed E-state index contributed by atoms with van der Waals surface area (Å²) in [6.45, 7) is 1.68. The fourth-order valence-electron chi connectivity index (χ4n) is 5.27. The highest BCUT2D eigenvalue weighted by atomic mass is 35.5. The molecule has 2 aliphatic heterocycles. The van der Waals surface area contributed by atoms with Gasteiger partial charge in [0.05, 0.1) is 28.8 Å². The Balaban J connectivity index is 1.21. The third-order valence-corrected chi connectivity index (χ3v) is 9.83. The summed E-state index contributed by atoms with van der Waals surface area (Å²) in [7, 11) is 0. The number of thioether (sulfide) groups is 1. The van der Waals surface area contributed by atoms with Crippen molar-refractivity contribution in [2.45, 2.75) is 23.1 Å². The molecule has 2 aliphatic rings. The summed E-state index contributed by atoms with van der Waals surface area (Å²) < 4.78 is 10.8. The number of benzene rings is 3. The van der Waals surface area contributed by atoms with Gasteiger partial charge in [-0.15, -0.1) is 0 Å². The first-order valence-corrected chi connectivity index (χ1v) is 15.6. The molecule has 4 aromatic rings. The predicted molar refractivity (Wildman–Crippen MR) is 167 cm³/mol. The van der Waals surface area contributed by atoms with E-state index < -0.39 is 29.0 Å². The Hall–Kier alpha value is -4.39. The summed E-state index contributed by atoms with van der Waals surface area (Å²) in [4.78, 5) is 68.7. The second-order valence-corrected chi connectivity index (χ2v) is 12.5. The molecule has 1 fully saturated rings. The van der Waals surface area contributed by atoms with E-state index in [1.807, 2.05) is 6.07 Å². The van der Waals surface area contributed by atoms with Crippen LogP contribution in [-0.2, 0) is 19.1 Å². The van der Waals surface area contributed by atoms with Gasteiger partial charge in [0, 0.05) is 21.5 Å². The predicted octanol–water partition coefficient (Wildman–Crippen LogP) is 5.08. The quantitative estimate of drug-likeness (QED) is 0.199. The third kappa shape index (κ3) is 5.75. The zero-order chi connectivity index (χ0) is 31.0. The number of ether oxygens (including phenoxy) is 2. The molecule has 1 aromatic heterocycles. The molecule has 6 rings (SSSR count). The van der Waals surface area contributed by atoms with E-state index in [1.165, 1.54) is 16.7 Å².